The van der Waals surface area contributed by atoms with Gasteiger partial charge in [0.05, 0.1) is 44.8 Å². The maximum Gasteiger partial charge on any atom is 0.411 e. The number of hydrogen-bond acceptors (Lipinski definition) is 6. The second kappa shape index (κ2) is 14.6. The molecule has 2 aromatic carbocycles. The van der Waals surface area contributed by atoms with Crippen molar-refractivity contribution < 1.29 is 18.8 Å². The van der Waals surface area contributed by atoms with E-state index >= 15 is 0 Å². The summed E-state index contributed by atoms with van der Waals surface area (Å²) in [5, 5.41) is 7.39. The fourth-order valence-corrected chi connectivity index (χ4v) is 6.56. The molecule has 3 heterocycles. The molecule has 224 valence electrons. The Bertz CT molecular complexity index is 1510. The predicted molar refractivity (Wildman–Crippen MR) is 172 cm³/mol. The average molecular weight is 592 g/mol. The number of unbranched alkanes of at least 4 members (excludes halogenated alkanes) is 4. The molecule has 1 amide bonds. The number of pyridine rings is 1. The Hall–Kier alpha value is -3.56. The van der Waals surface area contributed by atoms with Crippen LogP contribution in [0.5, 0.6) is 5.75 Å². The third kappa shape index (κ3) is 7.83. The number of carbonyl (C=O) groups excluding carboxylic acids is 1. The van der Waals surface area contributed by atoms with Crippen LogP contribution in [0.1, 0.15) is 45.4 Å². The van der Waals surface area contributed by atoms with Crippen LogP contribution < -0.4 is 20.5 Å². The Morgan fingerprint density at radius 1 is 1.02 bits per heavy atom. The van der Waals surface area contributed by atoms with Crippen LogP contribution in [0.25, 0.3) is 21.0 Å². The molecular weight excluding hydrogens is 548 g/mol. The SMILES string of the molecule is CCCCCCNC(=O)OC[N+]1(CCCCOc2ccc3ccc(=O)[nH]c3c2)CCN(c2cccc3sccc23)CC1. The van der Waals surface area contributed by atoms with Gasteiger partial charge >= 0.3 is 6.09 Å². The third-order valence-electron chi connectivity index (χ3n) is 8.26. The smallest absolute Gasteiger partial charge is 0.411 e. The first-order valence-electron chi connectivity index (χ1n) is 15.3. The molecule has 2 aromatic heterocycles. The first-order valence-corrected chi connectivity index (χ1v) is 16.2. The second-order valence-electron chi connectivity index (χ2n) is 11.3. The van der Waals surface area contributed by atoms with Gasteiger partial charge in [-0.2, -0.15) is 0 Å². The summed E-state index contributed by atoms with van der Waals surface area (Å²) in [6, 6.07) is 17.9. The Morgan fingerprint density at radius 2 is 1.88 bits per heavy atom. The molecule has 1 saturated heterocycles. The van der Waals surface area contributed by atoms with Gasteiger partial charge in [0.25, 0.3) is 0 Å². The standard InChI is InChI=1S/C33H42N4O4S/c1-2-3-4-5-16-34-33(39)41-25-37(20-17-36(18-21-37)30-9-8-10-31-28(30)15-23-42-31)19-6-7-22-40-27-13-11-26-12-14-32(38)35-29(26)24-27/h8-15,23-24H,2-7,16-22,25H2,1H3,(H-,34,35,38,39)/p+1. The van der Waals surface area contributed by atoms with Crippen LogP contribution in [0.15, 0.2) is 64.8 Å². The molecular formula is C33H43N4O4S+. The highest BCUT2D eigenvalue weighted by molar-refractivity contribution is 7.17. The van der Waals surface area contributed by atoms with Crippen molar-refractivity contribution in [2.75, 3.05) is 57.5 Å². The lowest BCUT2D eigenvalue weighted by Crippen LogP contribution is -2.61. The van der Waals surface area contributed by atoms with Crippen molar-refractivity contribution >= 4 is 44.1 Å². The van der Waals surface area contributed by atoms with Crippen molar-refractivity contribution in [3.05, 3.63) is 70.3 Å². The highest BCUT2D eigenvalue weighted by atomic mass is 32.1. The minimum absolute atomic E-state index is 0.117. The minimum Gasteiger partial charge on any atom is -0.494 e. The highest BCUT2D eigenvalue weighted by Crippen LogP contribution is 2.32. The highest BCUT2D eigenvalue weighted by Gasteiger charge is 2.34. The van der Waals surface area contributed by atoms with E-state index in [-0.39, 0.29) is 11.7 Å². The number of ether oxygens (including phenoxy) is 2. The molecule has 9 heteroatoms. The van der Waals surface area contributed by atoms with Crippen LogP contribution >= 0.6 is 11.3 Å². The summed E-state index contributed by atoms with van der Waals surface area (Å²) >= 11 is 1.78. The number of aromatic nitrogens is 1. The van der Waals surface area contributed by atoms with Gasteiger partial charge in [-0.1, -0.05) is 32.3 Å². The molecule has 0 spiro atoms. The van der Waals surface area contributed by atoms with Gasteiger partial charge in [0, 0.05) is 34.5 Å². The molecule has 0 bridgehead atoms. The van der Waals surface area contributed by atoms with E-state index in [2.05, 4.69) is 51.8 Å². The van der Waals surface area contributed by atoms with E-state index in [0.717, 1.165) is 79.5 Å². The van der Waals surface area contributed by atoms with Crippen molar-refractivity contribution in [3.8, 4) is 5.75 Å². The summed E-state index contributed by atoms with van der Waals surface area (Å²) < 4.78 is 13.9. The van der Waals surface area contributed by atoms with Gasteiger partial charge in [-0.15, -0.1) is 11.3 Å². The number of rotatable bonds is 14. The number of anilines is 1. The zero-order valence-electron chi connectivity index (χ0n) is 24.6. The topological polar surface area (TPSA) is 83.7 Å². The number of carbonyl (C=O) groups is 1. The fourth-order valence-electron chi connectivity index (χ4n) is 5.75. The number of benzene rings is 2. The number of thiophene rings is 1. The largest absolute Gasteiger partial charge is 0.494 e. The number of nitrogens with one attached hydrogen (secondary N) is 2. The number of quaternary nitrogens is 1. The van der Waals surface area contributed by atoms with E-state index in [0.29, 0.717) is 19.9 Å². The summed E-state index contributed by atoms with van der Waals surface area (Å²) in [5.41, 5.74) is 1.96. The molecule has 0 atom stereocenters. The van der Waals surface area contributed by atoms with Gasteiger partial charge in [0.1, 0.15) is 5.75 Å². The van der Waals surface area contributed by atoms with Crippen LogP contribution in [0.4, 0.5) is 10.5 Å². The van der Waals surface area contributed by atoms with Crippen LogP contribution in [0.3, 0.4) is 0 Å². The van der Waals surface area contributed by atoms with Gasteiger partial charge in [-0.3, -0.25) is 9.28 Å². The molecule has 0 radical (unpaired) electrons. The maximum atomic E-state index is 12.5. The normalized spacial score (nSPS) is 14.7. The van der Waals surface area contributed by atoms with Gasteiger partial charge in [-0.25, -0.2) is 4.79 Å². The zero-order valence-corrected chi connectivity index (χ0v) is 25.4. The molecule has 2 N–H and O–H groups in total. The monoisotopic (exact) mass is 591 g/mol. The molecule has 8 nitrogen and oxygen atoms in total. The molecule has 5 rings (SSSR count). The third-order valence-corrected chi connectivity index (χ3v) is 9.15. The van der Waals surface area contributed by atoms with Gasteiger partial charge in [0.15, 0.2) is 0 Å². The van der Waals surface area contributed by atoms with E-state index in [9.17, 15) is 9.59 Å². The average Bonchev–Trinajstić information content (AvgIpc) is 3.49. The number of hydrogen-bond donors (Lipinski definition) is 2. The lowest BCUT2D eigenvalue weighted by molar-refractivity contribution is -0.944. The Balaban J connectivity index is 1.15. The van der Waals surface area contributed by atoms with E-state index in [1.807, 2.05) is 24.3 Å². The van der Waals surface area contributed by atoms with E-state index in [1.54, 1.807) is 11.3 Å². The fraction of sp³-hybridized carbons (Fsp3) is 0.455. The quantitative estimate of drug-likeness (QED) is 0.129. The van der Waals surface area contributed by atoms with Crippen LogP contribution in [0.2, 0.25) is 0 Å². The number of amides is 1. The van der Waals surface area contributed by atoms with Crippen molar-refractivity contribution in [2.45, 2.75) is 45.4 Å². The predicted octanol–water partition coefficient (Wildman–Crippen LogP) is 6.50. The molecule has 0 aliphatic carbocycles. The summed E-state index contributed by atoms with van der Waals surface area (Å²) in [4.78, 5) is 29.5. The molecule has 0 saturated carbocycles. The molecule has 1 aliphatic heterocycles. The lowest BCUT2D eigenvalue weighted by atomic mass is 10.1. The number of piperazine rings is 1. The van der Waals surface area contributed by atoms with Crippen molar-refractivity contribution in [1.82, 2.24) is 10.3 Å². The number of aromatic amines is 1. The number of nitrogens with zero attached hydrogens (tertiary/aromatic N) is 2. The van der Waals surface area contributed by atoms with Gasteiger partial charge in [0.2, 0.25) is 12.3 Å². The van der Waals surface area contributed by atoms with Crippen LogP contribution in [0, 0.1) is 0 Å². The molecule has 1 aliphatic rings. The van der Waals surface area contributed by atoms with Crippen LogP contribution in [-0.4, -0.2) is 68.2 Å². The van der Waals surface area contributed by atoms with Gasteiger partial charge in [-0.05, 0) is 66.4 Å². The van der Waals surface area contributed by atoms with Crippen molar-refractivity contribution in [1.29, 1.82) is 0 Å². The summed E-state index contributed by atoms with van der Waals surface area (Å²) in [6.45, 7) is 8.43. The second-order valence-corrected chi connectivity index (χ2v) is 12.2. The molecule has 0 unspecified atom stereocenters. The van der Waals surface area contributed by atoms with Crippen LogP contribution in [-0.2, 0) is 4.74 Å². The number of alkyl carbamates (subject to hydrolysis) is 1. The molecule has 42 heavy (non-hydrogen) atoms. The first kappa shape index (κ1) is 29.9. The summed E-state index contributed by atoms with van der Waals surface area (Å²) in [7, 11) is 0. The lowest BCUT2D eigenvalue weighted by Gasteiger charge is -2.44. The summed E-state index contributed by atoms with van der Waals surface area (Å²) in [6.07, 6.45) is 6.03. The number of H-pyrrole nitrogens is 1. The summed E-state index contributed by atoms with van der Waals surface area (Å²) in [5.74, 6) is 0.753. The molecule has 4 aromatic rings. The first-order chi connectivity index (χ1) is 20.5. The minimum atomic E-state index is -0.313. The van der Waals surface area contributed by atoms with E-state index < -0.39 is 0 Å². The van der Waals surface area contributed by atoms with Crippen molar-refractivity contribution in [2.24, 2.45) is 0 Å². The zero-order chi connectivity index (χ0) is 29.2. The Morgan fingerprint density at radius 3 is 2.74 bits per heavy atom. The van der Waals surface area contributed by atoms with Gasteiger partial charge < -0.3 is 24.7 Å². The Labute approximate surface area is 251 Å². The number of fused-ring (bicyclic) bond motifs is 2. The molecule has 1 fully saturated rings. The Kier molecular flexibility index (Phi) is 10.4. The van der Waals surface area contributed by atoms with Crippen molar-refractivity contribution in [3.63, 3.8) is 0 Å². The van der Waals surface area contributed by atoms with E-state index in [1.165, 1.54) is 34.7 Å². The van der Waals surface area contributed by atoms with E-state index in [4.69, 9.17) is 9.47 Å². The maximum absolute atomic E-state index is 12.5.